The van der Waals surface area contributed by atoms with Gasteiger partial charge in [0.15, 0.2) is 0 Å². The summed E-state index contributed by atoms with van der Waals surface area (Å²) in [5.41, 5.74) is 5.04. The highest BCUT2D eigenvalue weighted by atomic mass is 16.1. The van der Waals surface area contributed by atoms with Crippen molar-refractivity contribution in [3.05, 3.63) is 35.9 Å². The van der Waals surface area contributed by atoms with Crippen LogP contribution in [0.3, 0.4) is 0 Å². The Morgan fingerprint density at radius 1 is 1.46 bits per heavy atom. The second kappa shape index (κ2) is 4.62. The number of nitrogens with one attached hydrogen (secondary N) is 1. The maximum Gasteiger partial charge on any atom is 0.226 e. The van der Waals surface area contributed by atoms with Gasteiger partial charge in [0.25, 0.3) is 0 Å². The van der Waals surface area contributed by atoms with Gasteiger partial charge in [-0.2, -0.15) is 0 Å². The Balaban J connectivity index is 2.59. The maximum atomic E-state index is 11.0. The molecule has 1 atom stereocenters. The van der Waals surface area contributed by atoms with E-state index < -0.39 is 0 Å². The van der Waals surface area contributed by atoms with Crippen molar-refractivity contribution in [1.29, 1.82) is 0 Å². The number of carbonyl (C=O) groups is 1. The Kier molecular flexibility index (Phi) is 3.46. The second-order valence-corrected chi connectivity index (χ2v) is 2.98. The van der Waals surface area contributed by atoms with E-state index in [9.17, 15) is 4.79 Å². The summed E-state index contributed by atoms with van der Waals surface area (Å²) in [4.78, 5) is 11.0. The molecule has 3 nitrogen and oxygen atoms in total. The minimum Gasteiger partial charge on any atom is -0.359 e. The van der Waals surface area contributed by atoms with Gasteiger partial charge in [-0.3, -0.25) is 4.79 Å². The van der Waals surface area contributed by atoms with Gasteiger partial charge in [-0.1, -0.05) is 30.3 Å². The minimum atomic E-state index is 0.0313. The molecule has 3 heteroatoms. The molecule has 1 unspecified atom stereocenters. The van der Waals surface area contributed by atoms with E-state index in [2.05, 4.69) is 11.1 Å². The molecule has 4 N–H and O–H groups in total. The third-order valence-electron chi connectivity index (χ3n) is 1.98. The molecule has 0 bridgehead atoms. The summed E-state index contributed by atoms with van der Waals surface area (Å²) in [6, 6.07) is 9.88. The fourth-order valence-electron chi connectivity index (χ4n) is 1.17. The van der Waals surface area contributed by atoms with Crippen molar-refractivity contribution < 1.29 is 10.5 Å². The van der Waals surface area contributed by atoms with Crippen molar-refractivity contribution in [2.24, 2.45) is 0 Å². The van der Waals surface area contributed by atoms with Crippen LogP contribution in [-0.2, 0) is 4.79 Å². The molecule has 0 heterocycles. The molecule has 0 saturated carbocycles. The zero-order valence-corrected chi connectivity index (χ0v) is 7.79. The number of quaternary nitrogens is 1. The van der Waals surface area contributed by atoms with Gasteiger partial charge in [-0.25, -0.2) is 0 Å². The van der Waals surface area contributed by atoms with E-state index >= 15 is 0 Å². The van der Waals surface area contributed by atoms with Gasteiger partial charge in [0.1, 0.15) is 6.04 Å². The Morgan fingerprint density at radius 2 is 2.08 bits per heavy atom. The van der Waals surface area contributed by atoms with Crippen molar-refractivity contribution in [1.82, 2.24) is 5.32 Å². The fourth-order valence-corrected chi connectivity index (χ4v) is 1.17. The SMILES string of the molecule is CNC(=O)CC([NH3+])c1ccccc1. The van der Waals surface area contributed by atoms with Crippen LogP contribution in [0.1, 0.15) is 18.0 Å². The highest BCUT2D eigenvalue weighted by molar-refractivity contribution is 5.76. The summed E-state index contributed by atoms with van der Waals surface area (Å²) in [6.07, 6.45) is 0.445. The van der Waals surface area contributed by atoms with Gasteiger partial charge < -0.3 is 11.1 Å². The van der Waals surface area contributed by atoms with Crippen molar-refractivity contribution in [3.8, 4) is 0 Å². The zero-order valence-electron chi connectivity index (χ0n) is 7.79. The van der Waals surface area contributed by atoms with E-state index in [0.29, 0.717) is 6.42 Å². The molecule has 13 heavy (non-hydrogen) atoms. The van der Waals surface area contributed by atoms with Crippen LogP contribution in [0.25, 0.3) is 0 Å². The lowest BCUT2D eigenvalue weighted by Crippen LogP contribution is -2.54. The summed E-state index contributed by atoms with van der Waals surface area (Å²) in [7, 11) is 1.64. The maximum absolute atomic E-state index is 11.0. The van der Waals surface area contributed by atoms with Gasteiger partial charge in [0.05, 0.1) is 6.42 Å². The van der Waals surface area contributed by atoms with E-state index in [1.807, 2.05) is 30.3 Å². The number of rotatable bonds is 3. The molecule has 0 aliphatic heterocycles. The summed E-state index contributed by atoms with van der Waals surface area (Å²) in [5, 5.41) is 2.59. The van der Waals surface area contributed by atoms with Crippen molar-refractivity contribution >= 4 is 5.91 Å². The Hall–Kier alpha value is -1.35. The normalized spacial score (nSPS) is 12.2. The van der Waals surface area contributed by atoms with E-state index in [4.69, 9.17) is 0 Å². The first kappa shape index (κ1) is 9.74. The first-order chi connectivity index (χ1) is 6.24. The minimum absolute atomic E-state index is 0.0313. The summed E-state index contributed by atoms with van der Waals surface area (Å²) >= 11 is 0. The van der Waals surface area contributed by atoms with E-state index in [-0.39, 0.29) is 11.9 Å². The molecule has 70 valence electrons. The highest BCUT2D eigenvalue weighted by Crippen LogP contribution is 2.10. The Morgan fingerprint density at radius 3 is 2.62 bits per heavy atom. The Labute approximate surface area is 77.9 Å². The van der Waals surface area contributed by atoms with Gasteiger partial charge in [0.2, 0.25) is 5.91 Å². The number of benzene rings is 1. The van der Waals surface area contributed by atoms with Crippen LogP contribution in [0, 0.1) is 0 Å². The standard InChI is InChI=1S/C10H14N2O/c1-12-10(13)7-9(11)8-5-3-2-4-6-8/h2-6,9H,7,11H2,1H3,(H,12,13)/p+1. The second-order valence-electron chi connectivity index (χ2n) is 2.98. The van der Waals surface area contributed by atoms with Gasteiger partial charge in [-0.05, 0) is 0 Å². The molecule has 0 aliphatic rings. The summed E-state index contributed by atoms with van der Waals surface area (Å²) < 4.78 is 0. The van der Waals surface area contributed by atoms with E-state index in [1.165, 1.54) is 0 Å². The van der Waals surface area contributed by atoms with Gasteiger partial charge >= 0.3 is 0 Å². The van der Waals surface area contributed by atoms with Crippen LogP contribution in [0.5, 0.6) is 0 Å². The topological polar surface area (TPSA) is 56.7 Å². The van der Waals surface area contributed by atoms with Crippen molar-refractivity contribution in [2.45, 2.75) is 12.5 Å². The predicted octanol–water partition coefficient (Wildman–Crippen LogP) is 0.106. The number of amides is 1. The molecule has 0 saturated heterocycles. The van der Waals surface area contributed by atoms with Crippen LogP contribution >= 0.6 is 0 Å². The quantitative estimate of drug-likeness (QED) is 0.679. The number of hydrogen-bond donors (Lipinski definition) is 2. The zero-order chi connectivity index (χ0) is 9.68. The van der Waals surface area contributed by atoms with Crippen LogP contribution < -0.4 is 11.1 Å². The first-order valence-corrected chi connectivity index (χ1v) is 4.32. The smallest absolute Gasteiger partial charge is 0.226 e. The van der Waals surface area contributed by atoms with Crippen molar-refractivity contribution in [2.75, 3.05) is 7.05 Å². The third-order valence-corrected chi connectivity index (χ3v) is 1.98. The average Bonchev–Trinajstić information content (AvgIpc) is 2.19. The molecular weight excluding hydrogens is 164 g/mol. The van der Waals surface area contributed by atoms with Gasteiger partial charge in [-0.15, -0.1) is 0 Å². The highest BCUT2D eigenvalue weighted by Gasteiger charge is 2.12. The molecule has 0 spiro atoms. The lowest BCUT2D eigenvalue weighted by Gasteiger charge is -2.06. The molecule has 1 aromatic rings. The summed E-state index contributed by atoms with van der Waals surface area (Å²) in [6.45, 7) is 0. The summed E-state index contributed by atoms with van der Waals surface area (Å²) in [5.74, 6) is 0.0313. The van der Waals surface area contributed by atoms with Crippen LogP contribution in [-0.4, -0.2) is 13.0 Å². The molecule has 0 aromatic heterocycles. The molecule has 0 aliphatic carbocycles. The largest absolute Gasteiger partial charge is 0.359 e. The lowest BCUT2D eigenvalue weighted by molar-refractivity contribution is -0.425. The number of carbonyl (C=O) groups excluding carboxylic acids is 1. The molecule has 1 rings (SSSR count). The van der Waals surface area contributed by atoms with Crippen molar-refractivity contribution in [3.63, 3.8) is 0 Å². The lowest BCUT2D eigenvalue weighted by atomic mass is 10.0. The molecular formula is C10H15N2O+. The van der Waals surface area contributed by atoms with Crippen LogP contribution in [0.15, 0.2) is 30.3 Å². The molecule has 1 aromatic carbocycles. The predicted molar refractivity (Wildman–Crippen MR) is 50.8 cm³/mol. The van der Waals surface area contributed by atoms with E-state index in [1.54, 1.807) is 7.05 Å². The fraction of sp³-hybridized carbons (Fsp3) is 0.300. The molecule has 0 radical (unpaired) electrons. The molecule has 1 amide bonds. The average molecular weight is 179 g/mol. The monoisotopic (exact) mass is 179 g/mol. The van der Waals surface area contributed by atoms with Crippen LogP contribution in [0.4, 0.5) is 0 Å². The molecule has 0 fully saturated rings. The third kappa shape index (κ3) is 2.87. The van der Waals surface area contributed by atoms with Gasteiger partial charge in [0, 0.05) is 12.6 Å². The Bertz CT molecular complexity index is 272. The number of hydrogen-bond acceptors (Lipinski definition) is 1. The first-order valence-electron chi connectivity index (χ1n) is 4.32. The van der Waals surface area contributed by atoms with Crippen LogP contribution in [0.2, 0.25) is 0 Å². The van der Waals surface area contributed by atoms with E-state index in [0.717, 1.165) is 5.56 Å².